The van der Waals surface area contributed by atoms with Gasteiger partial charge < -0.3 is 4.90 Å². The van der Waals surface area contributed by atoms with Gasteiger partial charge in [-0.2, -0.15) is 8.78 Å². The topological polar surface area (TPSA) is 54.5 Å². The minimum atomic E-state index is -4.45. The van der Waals surface area contributed by atoms with E-state index in [1.54, 1.807) is 11.9 Å². The molecule has 122 valence electrons. The molecule has 0 bridgehead atoms. The number of benzene rings is 1. The van der Waals surface area contributed by atoms with Gasteiger partial charge in [-0.1, -0.05) is 12.1 Å². The highest BCUT2D eigenvalue weighted by molar-refractivity contribution is 7.90. The summed E-state index contributed by atoms with van der Waals surface area (Å²) in [7, 11) is -2.71. The fourth-order valence-electron chi connectivity index (χ4n) is 2.32. The third-order valence-electron chi connectivity index (χ3n) is 4.08. The summed E-state index contributed by atoms with van der Waals surface area (Å²) in [6.07, 6.45) is 2.26. The first-order chi connectivity index (χ1) is 10.2. The monoisotopic (exact) mass is 331 g/mol. The number of halogens is 2. The zero-order chi connectivity index (χ0) is 16.5. The average molecular weight is 331 g/mol. The Hall–Kier alpha value is -1.50. The van der Waals surface area contributed by atoms with Gasteiger partial charge in [-0.3, -0.25) is 4.79 Å². The fourth-order valence-corrected chi connectivity index (χ4v) is 3.11. The van der Waals surface area contributed by atoms with Gasteiger partial charge in [0.2, 0.25) is 9.84 Å². The molecule has 1 amide bonds. The Bertz CT molecular complexity index is 639. The zero-order valence-corrected chi connectivity index (χ0v) is 13.3. The molecule has 1 fully saturated rings. The fraction of sp³-hybridized carbons (Fsp3) is 0.533. The lowest BCUT2D eigenvalue weighted by Gasteiger charge is -2.25. The summed E-state index contributed by atoms with van der Waals surface area (Å²) in [5.41, 5.74) is 0.669. The molecular formula is C15H19F2NO3S. The Balaban J connectivity index is 2.06. The Morgan fingerprint density at radius 1 is 1.27 bits per heavy atom. The van der Waals surface area contributed by atoms with E-state index in [-0.39, 0.29) is 17.5 Å². The second-order valence-electron chi connectivity index (χ2n) is 5.76. The van der Waals surface area contributed by atoms with Crippen LogP contribution < -0.4 is 0 Å². The van der Waals surface area contributed by atoms with Crippen LogP contribution in [0.1, 0.15) is 35.7 Å². The first-order valence-corrected chi connectivity index (χ1v) is 8.79. The van der Waals surface area contributed by atoms with E-state index in [0.29, 0.717) is 11.5 Å². The SMILES string of the molecule is C[C@H](C1CC1)N(C)C(=O)c1ccc(CS(=O)(=O)C(F)F)cc1. The van der Waals surface area contributed by atoms with Gasteiger partial charge in [-0.25, -0.2) is 8.42 Å². The number of carbonyl (C=O) groups excluding carboxylic acids is 1. The molecule has 0 saturated heterocycles. The standard InChI is InChI=1S/C15H19F2NO3S/c1-10(12-7-8-12)18(2)14(19)13-5-3-11(4-6-13)9-22(20,21)15(16)17/h3-6,10,12,15H,7-9H2,1-2H3/t10-/m1/s1. The largest absolute Gasteiger partial charge is 0.339 e. The van der Waals surface area contributed by atoms with Crippen LogP contribution in [0.3, 0.4) is 0 Å². The lowest BCUT2D eigenvalue weighted by atomic mass is 10.1. The van der Waals surface area contributed by atoms with Crippen LogP contribution in [0, 0.1) is 5.92 Å². The second-order valence-corrected chi connectivity index (χ2v) is 7.73. The van der Waals surface area contributed by atoms with Crippen molar-refractivity contribution in [1.82, 2.24) is 4.90 Å². The highest BCUT2D eigenvalue weighted by Crippen LogP contribution is 2.35. The lowest BCUT2D eigenvalue weighted by molar-refractivity contribution is 0.0727. The van der Waals surface area contributed by atoms with Crippen molar-refractivity contribution >= 4 is 15.7 Å². The van der Waals surface area contributed by atoms with Crippen LogP contribution >= 0.6 is 0 Å². The molecule has 0 radical (unpaired) electrons. The summed E-state index contributed by atoms with van der Waals surface area (Å²) in [6.45, 7) is 2.00. The molecule has 0 aliphatic heterocycles. The normalized spacial score (nSPS) is 16.6. The van der Waals surface area contributed by atoms with Gasteiger partial charge in [-0.05, 0) is 43.4 Å². The molecule has 1 atom stereocenters. The van der Waals surface area contributed by atoms with E-state index in [1.165, 1.54) is 24.3 Å². The minimum absolute atomic E-state index is 0.150. The van der Waals surface area contributed by atoms with Gasteiger partial charge in [0.25, 0.3) is 5.91 Å². The van der Waals surface area contributed by atoms with E-state index in [1.807, 2.05) is 6.92 Å². The van der Waals surface area contributed by atoms with Crippen molar-refractivity contribution in [2.24, 2.45) is 5.92 Å². The van der Waals surface area contributed by atoms with Crippen LogP contribution in [0.5, 0.6) is 0 Å². The van der Waals surface area contributed by atoms with Crippen LogP contribution in [-0.4, -0.2) is 38.1 Å². The molecule has 0 heterocycles. The molecule has 4 nitrogen and oxygen atoms in total. The van der Waals surface area contributed by atoms with E-state index in [9.17, 15) is 22.0 Å². The van der Waals surface area contributed by atoms with Crippen LogP contribution in [0.2, 0.25) is 0 Å². The Morgan fingerprint density at radius 3 is 2.27 bits per heavy atom. The Labute approximate surface area is 129 Å². The van der Waals surface area contributed by atoms with E-state index < -0.39 is 21.3 Å². The summed E-state index contributed by atoms with van der Waals surface area (Å²) in [5.74, 6) is -3.72. The van der Waals surface area contributed by atoms with Gasteiger partial charge >= 0.3 is 5.76 Å². The van der Waals surface area contributed by atoms with E-state index in [4.69, 9.17) is 0 Å². The molecule has 0 spiro atoms. The number of alkyl halides is 2. The van der Waals surface area contributed by atoms with Gasteiger partial charge in [-0.15, -0.1) is 0 Å². The maximum absolute atomic E-state index is 12.3. The second kappa shape index (κ2) is 6.32. The Kier molecular flexibility index (Phi) is 4.84. The maximum atomic E-state index is 12.3. The van der Waals surface area contributed by atoms with Crippen molar-refractivity contribution in [3.63, 3.8) is 0 Å². The van der Waals surface area contributed by atoms with Gasteiger partial charge in [0, 0.05) is 18.7 Å². The zero-order valence-electron chi connectivity index (χ0n) is 12.5. The third kappa shape index (κ3) is 3.82. The smallest absolute Gasteiger partial charge is 0.337 e. The molecule has 0 unspecified atom stereocenters. The number of rotatable bonds is 6. The molecule has 1 aromatic carbocycles. The highest BCUT2D eigenvalue weighted by Gasteiger charge is 2.32. The van der Waals surface area contributed by atoms with Crippen molar-refractivity contribution in [2.75, 3.05) is 7.05 Å². The number of amides is 1. The van der Waals surface area contributed by atoms with Crippen molar-refractivity contribution in [2.45, 2.75) is 37.3 Å². The van der Waals surface area contributed by atoms with Crippen molar-refractivity contribution < 1.29 is 22.0 Å². The van der Waals surface area contributed by atoms with E-state index in [0.717, 1.165) is 12.8 Å². The van der Waals surface area contributed by atoms with Gasteiger partial charge in [0.15, 0.2) is 0 Å². The molecule has 1 aliphatic carbocycles. The Morgan fingerprint density at radius 2 is 1.82 bits per heavy atom. The van der Waals surface area contributed by atoms with Crippen LogP contribution in [-0.2, 0) is 15.6 Å². The van der Waals surface area contributed by atoms with Crippen LogP contribution in [0.15, 0.2) is 24.3 Å². The number of nitrogens with zero attached hydrogens (tertiary/aromatic N) is 1. The van der Waals surface area contributed by atoms with Crippen molar-refractivity contribution in [1.29, 1.82) is 0 Å². The van der Waals surface area contributed by atoms with E-state index in [2.05, 4.69) is 0 Å². The predicted octanol–water partition coefficient (Wildman–Crippen LogP) is 2.69. The van der Waals surface area contributed by atoms with Gasteiger partial charge in [0.1, 0.15) is 0 Å². The molecule has 7 heteroatoms. The predicted molar refractivity (Wildman–Crippen MR) is 79.3 cm³/mol. The van der Waals surface area contributed by atoms with Crippen LogP contribution in [0.4, 0.5) is 8.78 Å². The van der Waals surface area contributed by atoms with Crippen molar-refractivity contribution in [3.8, 4) is 0 Å². The molecule has 1 aromatic rings. The molecular weight excluding hydrogens is 312 g/mol. The number of sulfone groups is 1. The molecule has 0 N–H and O–H groups in total. The van der Waals surface area contributed by atoms with Crippen molar-refractivity contribution in [3.05, 3.63) is 35.4 Å². The lowest BCUT2D eigenvalue weighted by Crippen LogP contribution is -2.36. The van der Waals surface area contributed by atoms with Crippen LogP contribution in [0.25, 0.3) is 0 Å². The highest BCUT2D eigenvalue weighted by atomic mass is 32.2. The first-order valence-electron chi connectivity index (χ1n) is 7.08. The number of carbonyl (C=O) groups is 1. The molecule has 0 aromatic heterocycles. The summed E-state index contributed by atoms with van der Waals surface area (Å²) < 4.78 is 47.0. The molecule has 2 rings (SSSR count). The summed E-state index contributed by atoms with van der Waals surface area (Å²) in [6, 6.07) is 5.93. The minimum Gasteiger partial charge on any atom is -0.339 e. The number of hydrogen-bond donors (Lipinski definition) is 0. The maximum Gasteiger partial charge on any atom is 0.337 e. The van der Waals surface area contributed by atoms with E-state index >= 15 is 0 Å². The molecule has 1 saturated carbocycles. The third-order valence-corrected chi connectivity index (χ3v) is 5.35. The number of hydrogen-bond acceptors (Lipinski definition) is 3. The van der Waals surface area contributed by atoms with Gasteiger partial charge in [0.05, 0.1) is 5.75 Å². The quantitative estimate of drug-likeness (QED) is 0.805. The summed E-state index contributed by atoms with van der Waals surface area (Å²) in [5, 5.41) is 0. The molecule has 22 heavy (non-hydrogen) atoms. The average Bonchev–Trinajstić information content (AvgIpc) is 3.30. The first kappa shape index (κ1) is 16.9. The molecule has 1 aliphatic rings. The summed E-state index contributed by atoms with van der Waals surface area (Å²) in [4.78, 5) is 14.0. The summed E-state index contributed by atoms with van der Waals surface area (Å²) >= 11 is 0.